The fraction of sp³-hybridized carbons (Fsp3) is 0.200. The van der Waals surface area contributed by atoms with Gasteiger partial charge in [-0.05, 0) is 31.0 Å². The van der Waals surface area contributed by atoms with E-state index in [1.54, 1.807) is 34.9 Å². The summed E-state index contributed by atoms with van der Waals surface area (Å²) in [7, 11) is 0. The molecular weight excluding hydrogens is 418 g/mol. The average Bonchev–Trinajstić information content (AvgIpc) is 3.52. The maximum absolute atomic E-state index is 13.2. The molecule has 1 aliphatic heterocycles. The van der Waals surface area contributed by atoms with Gasteiger partial charge in [-0.25, -0.2) is 9.97 Å². The fourth-order valence-electron chi connectivity index (χ4n) is 4.46. The second-order valence-corrected chi connectivity index (χ2v) is 8.03. The number of benzene rings is 1. The molecule has 0 saturated carbocycles. The molecule has 5 rings (SSSR count). The Hall–Kier alpha value is -4.20. The highest BCUT2D eigenvalue weighted by molar-refractivity contribution is 6.46. The molecule has 4 aromatic rings. The average molecular weight is 441 g/mol. The van der Waals surface area contributed by atoms with Crippen LogP contribution < -0.4 is 0 Å². The zero-order valence-electron chi connectivity index (χ0n) is 18.1. The van der Waals surface area contributed by atoms with Crippen molar-refractivity contribution in [3.8, 4) is 0 Å². The number of amides is 1. The van der Waals surface area contributed by atoms with E-state index in [0.29, 0.717) is 36.5 Å². The summed E-state index contributed by atoms with van der Waals surface area (Å²) < 4.78 is 3.66. The number of pyridine rings is 1. The molecule has 0 spiro atoms. The minimum absolute atomic E-state index is 0.0857. The molecule has 0 unspecified atom stereocenters. The molecule has 1 amide bonds. The van der Waals surface area contributed by atoms with Crippen LogP contribution in [0.5, 0.6) is 0 Å². The SMILES string of the molecule is Cc1nc2ccccn2c1/C(O)=C1\C(=O)C(=O)N(CCCn2ccnc2)[C@H]1c1ccccc1. The predicted octanol–water partition coefficient (Wildman–Crippen LogP) is 3.35. The van der Waals surface area contributed by atoms with Crippen LogP contribution in [0.3, 0.4) is 0 Å². The van der Waals surface area contributed by atoms with Crippen molar-refractivity contribution in [3.05, 3.63) is 96.0 Å². The van der Waals surface area contributed by atoms with Crippen LogP contribution in [0.2, 0.25) is 0 Å². The van der Waals surface area contributed by atoms with Gasteiger partial charge >= 0.3 is 0 Å². The second kappa shape index (κ2) is 8.38. The fourth-order valence-corrected chi connectivity index (χ4v) is 4.46. The Bertz CT molecular complexity index is 1360. The Balaban J connectivity index is 1.59. The summed E-state index contributed by atoms with van der Waals surface area (Å²) >= 11 is 0. The van der Waals surface area contributed by atoms with E-state index >= 15 is 0 Å². The third-order valence-corrected chi connectivity index (χ3v) is 5.96. The van der Waals surface area contributed by atoms with Crippen LogP contribution in [0.1, 0.15) is 29.4 Å². The number of rotatable bonds is 6. The van der Waals surface area contributed by atoms with Gasteiger partial charge in [0.1, 0.15) is 11.3 Å². The predicted molar refractivity (Wildman–Crippen MR) is 122 cm³/mol. The molecular formula is C25H23N5O3. The van der Waals surface area contributed by atoms with Gasteiger partial charge in [-0.3, -0.25) is 14.0 Å². The molecule has 3 aromatic heterocycles. The van der Waals surface area contributed by atoms with Crippen LogP contribution in [-0.4, -0.2) is 47.2 Å². The van der Waals surface area contributed by atoms with E-state index < -0.39 is 17.7 Å². The Morgan fingerprint density at radius 1 is 1.03 bits per heavy atom. The van der Waals surface area contributed by atoms with Gasteiger partial charge in [-0.15, -0.1) is 0 Å². The van der Waals surface area contributed by atoms with Crippen LogP contribution in [0.25, 0.3) is 11.4 Å². The lowest BCUT2D eigenvalue weighted by Crippen LogP contribution is -2.31. The lowest BCUT2D eigenvalue weighted by atomic mass is 9.96. The number of likely N-dealkylation sites (tertiary alicyclic amines) is 1. The van der Waals surface area contributed by atoms with Gasteiger partial charge < -0.3 is 14.6 Å². The van der Waals surface area contributed by atoms with Crippen LogP contribution in [0.15, 0.2) is 79.0 Å². The topological polar surface area (TPSA) is 92.7 Å². The van der Waals surface area contributed by atoms with E-state index in [1.807, 2.05) is 59.3 Å². The number of nitrogens with zero attached hydrogens (tertiary/aromatic N) is 5. The normalized spacial score (nSPS) is 17.8. The summed E-state index contributed by atoms with van der Waals surface area (Å²) in [6, 6.07) is 14.2. The highest BCUT2D eigenvalue weighted by Crippen LogP contribution is 2.40. The number of Topliss-reactive ketones (excluding diaryl/α,β-unsaturated/α-hetero) is 1. The van der Waals surface area contributed by atoms with Crippen molar-refractivity contribution in [2.45, 2.75) is 25.9 Å². The molecule has 1 fully saturated rings. The molecule has 1 N–H and O–H groups in total. The molecule has 1 saturated heterocycles. The first kappa shape index (κ1) is 20.7. The number of aliphatic hydroxyl groups excluding tert-OH is 1. The Kier molecular flexibility index (Phi) is 5.26. The summed E-state index contributed by atoms with van der Waals surface area (Å²) in [5.41, 5.74) is 2.51. The first-order chi connectivity index (χ1) is 16.1. The quantitative estimate of drug-likeness (QED) is 0.281. The van der Waals surface area contributed by atoms with Crippen molar-refractivity contribution in [1.82, 2.24) is 23.8 Å². The van der Waals surface area contributed by atoms with Crippen molar-refractivity contribution in [3.63, 3.8) is 0 Å². The maximum Gasteiger partial charge on any atom is 0.295 e. The number of fused-ring (bicyclic) bond motifs is 1. The largest absolute Gasteiger partial charge is 0.505 e. The maximum atomic E-state index is 13.2. The van der Waals surface area contributed by atoms with Crippen molar-refractivity contribution in [2.24, 2.45) is 0 Å². The number of imidazole rings is 2. The number of hydrogen-bond donors (Lipinski definition) is 1. The van der Waals surface area contributed by atoms with Crippen LogP contribution >= 0.6 is 0 Å². The summed E-state index contributed by atoms with van der Waals surface area (Å²) in [5, 5.41) is 11.4. The number of aromatic nitrogens is 4. The van der Waals surface area contributed by atoms with Gasteiger partial charge in [0.25, 0.3) is 11.7 Å². The third-order valence-electron chi connectivity index (χ3n) is 5.96. The lowest BCUT2D eigenvalue weighted by molar-refractivity contribution is -0.139. The Morgan fingerprint density at radius 3 is 2.58 bits per heavy atom. The van der Waals surface area contributed by atoms with Gasteiger partial charge in [0.2, 0.25) is 0 Å². The first-order valence-corrected chi connectivity index (χ1v) is 10.8. The van der Waals surface area contributed by atoms with E-state index in [1.165, 1.54) is 0 Å². The summed E-state index contributed by atoms with van der Waals surface area (Å²) in [6.07, 6.45) is 7.70. The molecule has 0 aliphatic carbocycles. The summed E-state index contributed by atoms with van der Waals surface area (Å²) in [5.74, 6) is -1.51. The monoisotopic (exact) mass is 441 g/mol. The molecule has 1 atom stereocenters. The number of hydrogen-bond acceptors (Lipinski definition) is 5. The summed E-state index contributed by atoms with van der Waals surface area (Å²) in [4.78, 5) is 36.4. The molecule has 33 heavy (non-hydrogen) atoms. The van der Waals surface area contributed by atoms with Crippen molar-refractivity contribution < 1.29 is 14.7 Å². The van der Waals surface area contributed by atoms with Gasteiger partial charge in [0.05, 0.1) is 23.6 Å². The molecule has 8 nitrogen and oxygen atoms in total. The molecule has 1 aromatic carbocycles. The minimum atomic E-state index is -0.686. The van der Waals surface area contributed by atoms with E-state index in [0.717, 1.165) is 5.56 Å². The lowest BCUT2D eigenvalue weighted by Gasteiger charge is -2.25. The van der Waals surface area contributed by atoms with E-state index in [-0.39, 0.29) is 11.3 Å². The smallest absolute Gasteiger partial charge is 0.295 e. The van der Waals surface area contributed by atoms with Crippen LogP contribution in [0, 0.1) is 6.92 Å². The van der Waals surface area contributed by atoms with Gasteiger partial charge in [-0.2, -0.15) is 0 Å². The zero-order valence-corrected chi connectivity index (χ0v) is 18.1. The number of ketones is 1. The van der Waals surface area contributed by atoms with Gasteiger partial charge in [-0.1, -0.05) is 36.4 Å². The standard InChI is InChI=1S/C25H23N5O3/c1-17-21(29-13-6-5-10-19(29)27-17)23(31)20-22(18-8-3-2-4-9-18)30(25(33)24(20)32)14-7-12-28-15-11-26-16-28/h2-6,8-11,13,15-16,22,31H,7,12,14H2,1H3/b23-20+/t22-/m0/s1. The zero-order chi connectivity index (χ0) is 22.9. The number of aliphatic hydroxyl groups is 1. The van der Waals surface area contributed by atoms with E-state index in [9.17, 15) is 14.7 Å². The Morgan fingerprint density at radius 2 is 1.82 bits per heavy atom. The minimum Gasteiger partial charge on any atom is -0.505 e. The number of carbonyl (C=O) groups is 2. The second-order valence-electron chi connectivity index (χ2n) is 8.03. The number of carbonyl (C=O) groups excluding carboxylic acids is 2. The highest BCUT2D eigenvalue weighted by Gasteiger charge is 2.46. The summed E-state index contributed by atoms with van der Waals surface area (Å²) in [6.45, 7) is 2.81. The van der Waals surface area contributed by atoms with Crippen LogP contribution in [0.4, 0.5) is 0 Å². The molecule has 166 valence electrons. The van der Waals surface area contributed by atoms with Gasteiger partial charge in [0.15, 0.2) is 5.76 Å². The Labute approximate surface area is 190 Å². The number of aryl methyl sites for hydroxylation is 2. The van der Waals surface area contributed by atoms with E-state index in [2.05, 4.69) is 9.97 Å². The molecule has 0 radical (unpaired) electrons. The molecule has 0 bridgehead atoms. The van der Waals surface area contributed by atoms with Crippen molar-refractivity contribution in [2.75, 3.05) is 6.54 Å². The molecule has 4 heterocycles. The highest BCUT2D eigenvalue weighted by atomic mass is 16.3. The third kappa shape index (κ3) is 3.59. The van der Waals surface area contributed by atoms with E-state index in [4.69, 9.17) is 0 Å². The molecule has 1 aliphatic rings. The van der Waals surface area contributed by atoms with Crippen molar-refractivity contribution in [1.29, 1.82) is 0 Å². The van der Waals surface area contributed by atoms with Gasteiger partial charge in [0, 0.05) is 31.7 Å². The van der Waals surface area contributed by atoms with Crippen molar-refractivity contribution >= 4 is 23.1 Å². The van der Waals surface area contributed by atoms with Crippen LogP contribution in [-0.2, 0) is 16.1 Å². The first-order valence-electron chi connectivity index (χ1n) is 10.8. The molecule has 8 heteroatoms.